The standard InChI is InChI=1S/C59H41N3/c60-56(46-23-12-4-13-24-46)39-55(44-21-10-3-11-22-44)53-28-16-27-45-31-34-49(38-54(45)53)43-29-32-47(33-30-43)57-40-58(62-59(61-57)48-25-14-5-15-26-48)52-36-50(41-17-6-1-7-18-41)35-51(37-52)42-19-8-2-9-20-42/h1-40,60H/b55-39-,60-56?. The van der Waals surface area contributed by atoms with Gasteiger partial charge in [-0.15, -0.1) is 0 Å². The number of benzene rings is 9. The van der Waals surface area contributed by atoms with Crippen molar-refractivity contribution >= 4 is 22.1 Å². The molecular formula is C59H41N3. The molecule has 3 nitrogen and oxygen atoms in total. The van der Waals surface area contributed by atoms with Crippen LogP contribution in [0.1, 0.15) is 16.7 Å². The van der Waals surface area contributed by atoms with Crippen molar-refractivity contribution in [2.45, 2.75) is 0 Å². The van der Waals surface area contributed by atoms with Gasteiger partial charge >= 0.3 is 0 Å². The zero-order chi connectivity index (χ0) is 41.7. The van der Waals surface area contributed by atoms with Crippen LogP contribution < -0.4 is 0 Å². The van der Waals surface area contributed by atoms with Crippen LogP contribution in [0.15, 0.2) is 243 Å². The van der Waals surface area contributed by atoms with E-state index in [1.807, 2.05) is 60.7 Å². The molecule has 1 aromatic heterocycles. The number of allylic oxidation sites excluding steroid dienone is 1. The van der Waals surface area contributed by atoms with Gasteiger partial charge in [-0.2, -0.15) is 0 Å². The highest BCUT2D eigenvalue weighted by Crippen LogP contribution is 2.37. The molecule has 0 spiro atoms. The second-order valence-electron chi connectivity index (χ2n) is 15.4. The normalized spacial score (nSPS) is 11.4. The number of hydrogen-bond acceptors (Lipinski definition) is 3. The smallest absolute Gasteiger partial charge is 0.160 e. The fourth-order valence-electron chi connectivity index (χ4n) is 8.13. The molecule has 0 bridgehead atoms. The molecule has 0 radical (unpaired) electrons. The molecule has 292 valence electrons. The highest BCUT2D eigenvalue weighted by molar-refractivity contribution is 6.14. The predicted octanol–water partition coefficient (Wildman–Crippen LogP) is 15.1. The molecular weight excluding hydrogens is 751 g/mol. The molecule has 1 N–H and O–H groups in total. The first kappa shape index (κ1) is 38.0. The van der Waals surface area contributed by atoms with E-state index >= 15 is 0 Å². The summed E-state index contributed by atoms with van der Waals surface area (Å²) in [6, 6.07) is 82.3. The van der Waals surface area contributed by atoms with E-state index < -0.39 is 0 Å². The Morgan fingerprint density at radius 1 is 0.339 bits per heavy atom. The lowest BCUT2D eigenvalue weighted by atomic mass is 9.90. The minimum absolute atomic E-state index is 0.469. The highest BCUT2D eigenvalue weighted by Gasteiger charge is 2.16. The van der Waals surface area contributed by atoms with Crippen LogP contribution in [0.4, 0.5) is 0 Å². The van der Waals surface area contributed by atoms with Crippen LogP contribution in [-0.4, -0.2) is 15.7 Å². The Hall–Kier alpha value is -8.27. The molecule has 3 heteroatoms. The first-order chi connectivity index (χ1) is 30.6. The molecule has 0 aliphatic rings. The van der Waals surface area contributed by atoms with E-state index in [0.717, 1.165) is 94.5 Å². The largest absolute Gasteiger partial charge is 0.300 e. The molecule has 0 aliphatic carbocycles. The van der Waals surface area contributed by atoms with Crippen molar-refractivity contribution in [1.29, 1.82) is 5.41 Å². The zero-order valence-corrected chi connectivity index (χ0v) is 34.0. The third-order valence-corrected chi connectivity index (χ3v) is 11.3. The summed E-state index contributed by atoms with van der Waals surface area (Å²) in [4.78, 5) is 10.4. The Labute approximate surface area is 362 Å². The summed E-state index contributed by atoms with van der Waals surface area (Å²) in [5.74, 6) is 0.679. The third-order valence-electron chi connectivity index (χ3n) is 11.3. The van der Waals surface area contributed by atoms with E-state index in [-0.39, 0.29) is 0 Å². The quantitative estimate of drug-likeness (QED) is 0.140. The van der Waals surface area contributed by atoms with E-state index in [0.29, 0.717) is 11.5 Å². The number of fused-ring (bicyclic) bond motifs is 1. The number of rotatable bonds is 10. The third kappa shape index (κ3) is 8.03. The van der Waals surface area contributed by atoms with E-state index in [1.54, 1.807) is 0 Å². The molecule has 0 unspecified atom stereocenters. The number of nitrogens with zero attached hydrogens (tertiary/aromatic N) is 2. The van der Waals surface area contributed by atoms with Crippen LogP contribution in [0.3, 0.4) is 0 Å². The summed E-state index contributed by atoms with van der Waals surface area (Å²) in [7, 11) is 0. The van der Waals surface area contributed by atoms with E-state index in [1.165, 1.54) is 0 Å². The highest BCUT2D eigenvalue weighted by atomic mass is 14.9. The van der Waals surface area contributed by atoms with Gasteiger partial charge in [-0.3, -0.25) is 0 Å². The van der Waals surface area contributed by atoms with Gasteiger partial charge in [0.2, 0.25) is 0 Å². The minimum atomic E-state index is 0.469. The van der Waals surface area contributed by atoms with Crippen molar-refractivity contribution in [3.63, 3.8) is 0 Å². The van der Waals surface area contributed by atoms with Crippen molar-refractivity contribution in [3.8, 4) is 67.3 Å². The summed E-state index contributed by atoms with van der Waals surface area (Å²) in [6.07, 6.45) is 2.00. The van der Waals surface area contributed by atoms with Crippen LogP contribution in [0.2, 0.25) is 0 Å². The average Bonchev–Trinajstić information content (AvgIpc) is 3.36. The lowest BCUT2D eigenvalue weighted by molar-refractivity contribution is 1.18. The topological polar surface area (TPSA) is 49.6 Å². The lowest BCUT2D eigenvalue weighted by Gasteiger charge is -2.14. The van der Waals surface area contributed by atoms with Crippen LogP contribution >= 0.6 is 0 Å². The van der Waals surface area contributed by atoms with Crippen molar-refractivity contribution < 1.29 is 0 Å². The van der Waals surface area contributed by atoms with Crippen LogP contribution in [0.5, 0.6) is 0 Å². The van der Waals surface area contributed by atoms with Crippen LogP contribution in [0.25, 0.3) is 83.6 Å². The second-order valence-corrected chi connectivity index (χ2v) is 15.4. The molecule has 0 amide bonds. The van der Waals surface area contributed by atoms with E-state index in [2.05, 4.69) is 182 Å². The van der Waals surface area contributed by atoms with E-state index in [4.69, 9.17) is 15.4 Å². The maximum atomic E-state index is 9.06. The maximum Gasteiger partial charge on any atom is 0.160 e. The first-order valence-corrected chi connectivity index (χ1v) is 20.9. The van der Waals surface area contributed by atoms with Gasteiger partial charge < -0.3 is 5.41 Å². The molecule has 0 saturated heterocycles. The van der Waals surface area contributed by atoms with Crippen molar-refractivity contribution in [2.24, 2.45) is 0 Å². The Kier molecular flexibility index (Phi) is 10.5. The summed E-state index contributed by atoms with van der Waals surface area (Å²) >= 11 is 0. The fraction of sp³-hybridized carbons (Fsp3) is 0. The van der Waals surface area contributed by atoms with Gasteiger partial charge in [0, 0.05) is 16.7 Å². The predicted molar refractivity (Wildman–Crippen MR) is 259 cm³/mol. The summed E-state index contributed by atoms with van der Waals surface area (Å²) < 4.78 is 0. The van der Waals surface area contributed by atoms with Gasteiger partial charge in [0.15, 0.2) is 5.82 Å². The molecule has 62 heavy (non-hydrogen) atoms. The van der Waals surface area contributed by atoms with Crippen molar-refractivity contribution in [1.82, 2.24) is 9.97 Å². The Morgan fingerprint density at radius 3 is 1.40 bits per heavy atom. The molecule has 0 aliphatic heterocycles. The number of aromatic nitrogens is 2. The summed E-state index contributed by atoms with van der Waals surface area (Å²) in [5, 5.41) is 11.3. The van der Waals surface area contributed by atoms with Gasteiger partial charge in [0.05, 0.1) is 17.1 Å². The monoisotopic (exact) mass is 791 g/mol. The van der Waals surface area contributed by atoms with Gasteiger partial charge in [-0.1, -0.05) is 206 Å². The molecule has 1 heterocycles. The SMILES string of the molecule is N=C(/C=C(/c1ccccc1)c1cccc2ccc(-c3ccc(-c4cc(-c5cc(-c6ccccc6)cc(-c6ccccc6)c5)nc(-c5ccccc5)n4)cc3)cc12)c1ccccc1. The molecule has 0 saturated carbocycles. The lowest BCUT2D eigenvalue weighted by Crippen LogP contribution is -1.98. The molecule has 10 aromatic rings. The Morgan fingerprint density at radius 2 is 0.806 bits per heavy atom. The molecule has 0 atom stereocenters. The summed E-state index contributed by atoms with van der Waals surface area (Å²) in [5.41, 5.74) is 16.0. The molecule has 10 rings (SSSR count). The van der Waals surface area contributed by atoms with Gasteiger partial charge in [0.1, 0.15) is 0 Å². The molecule has 9 aromatic carbocycles. The van der Waals surface area contributed by atoms with Gasteiger partial charge in [-0.05, 0) is 103 Å². The first-order valence-electron chi connectivity index (χ1n) is 20.9. The van der Waals surface area contributed by atoms with Crippen LogP contribution in [0, 0.1) is 5.41 Å². The van der Waals surface area contributed by atoms with E-state index in [9.17, 15) is 0 Å². The van der Waals surface area contributed by atoms with Gasteiger partial charge in [0.25, 0.3) is 0 Å². The average molecular weight is 792 g/mol. The number of hydrogen-bond donors (Lipinski definition) is 1. The van der Waals surface area contributed by atoms with Crippen molar-refractivity contribution in [3.05, 3.63) is 259 Å². The second kappa shape index (κ2) is 17.1. The minimum Gasteiger partial charge on any atom is -0.300 e. The maximum absolute atomic E-state index is 9.06. The fourth-order valence-corrected chi connectivity index (χ4v) is 8.13. The Balaban J connectivity index is 1.06. The molecule has 0 fully saturated rings. The van der Waals surface area contributed by atoms with Gasteiger partial charge in [-0.25, -0.2) is 9.97 Å². The Bertz CT molecular complexity index is 3140. The zero-order valence-electron chi connectivity index (χ0n) is 34.0. The van der Waals surface area contributed by atoms with Crippen LogP contribution in [-0.2, 0) is 0 Å². The van der Waals surface area contributed by atoms with Crippen molar-refractivity contribution in [2.75, 3.05) is 0 Å². The summed E-state index contributed by atoms with van der Waals surface area (Å²) in [6.45, 7) is 0. The number of nitrogens with one attached hydrogen (secondary N) is 1.